The van der Waals surface area contributed by atoms with E-state index in [1.165, 1.54) is 17.2 Å². The topological polar surface area (TPSA) is 97.8 Å². The SMILES string of the molecule is CC1CN(C(=O)[O-])CCN1c1ccc(NC(=O)c2ccc(Br)c(OC(F)(F)F)c2F)cn1. The molecule has 13 heteroatoms. The smallest absolute Gasteiger partial charge is 0.530 e. The minimum absolute atomic E-state index is 0.168. The highest BCUT2D eigenvalue weighted by molar-refractivity contribution is 9.10. The molecule has 0 saturated carbocycles. The number of halogens is 5. The van der Waals surface area contributed by atoms with Crippen molar-refractivity contribution in [3.63, 3.8) is 0 Å². The maximum Gasteiger partial charge on any atom is 0.573 e. The van der Waals surface area contributed by atoms with E-state index in [2.05, 4.69) is 31.0 Å². The van der Waals surface area contributed by atoms with Crippen molar-refractivity contribution in [2.75, 3.05) is 29.9 Å². The number of carbonyl (C=O) groups is 2. The molecule has 1 N–H and O–H groups in total. The van der Waals surface area contributed by atoms with E-state index in [1.807, 2.05) is 11.8 Å². The Balaban J connectivity index is 1.72. The fraction of sp³-hybridized carbons (Fsp3) is 0.316. The van der Waals surface area contributed by atoms with Crippen LogP contribution in [0.2, 0.25) is 0 Å². The van der Waals surface area contributed by atoms with Crippen molar-refractivity contribution in [3.05, 3.63) is 46.3 Å². The normalized spacial score (nSPS) is 16.6. The first-order valence-corrected chi connectivity index (χ1v) is 9.99. The molecular formula is C19H16BrF4N4O4-. The fourth-order valence-corrected chi connectivity index (χ4v) is 3.60. The Morgan fingerprint density at radius 1 is 1.25 bits per heavy atom. The van der Waals surface area contributed by atoms with Gasteiger partial charge in [0.2, 0.25) is 0 Å². The van der Waals surface area contributed by atoms with Crippen LogP contribution in [-0.2, 0) is 0 Å². The number of amides is 2. The molecule has 0 spiro atoms. The number of hydrogen-bond donors (Lipinski definition) is 1. The van der Waals surface area contributed by atoms with Gasteiger partial charge >= 0.3 is 6.36 Å². The van der Waals surface area contributed by atoms with Gasteiger partial charge in [-0.2, -0.15) is 0 Å². The molecule has 2 amide bonds. The van der Waals surface area contributed by atoms with E-state index in [4.69, 9.17) is 0 Å². The van der Waals surface area contributed by atoms with Gasteiger partial charge in [0.1, 0.15) is 11.9 Å². The molecule has 172 valence electrons. The maximum absolute atomic E-state index is 14.5. The molecule has 0 bridgehead atoms. The second-order valence-electron chi connectivity index (χ2n) is 6.90. The molecule has 1 atom stereocenters. The molecule has 1 saturated heterocycles. The molecule has 32 heavy (non-hydrogen) atoms. The first-order chi connectivity index (χ1) is 15.0. The quantitative estimate of drug-likeness (QED) is 0.623. The molecule has 2 heterocycles. The van der Waals surface area contributed by atoms with Gasteiger partial charge in [0.25, 0.3) is 5.91 Å². The molecule has 1 aromatic heterocycles. The van der Waals surface area contributed by atoms with Gasteiger partial charge in [0.05, 0.1) is 21.9 Å². The summed E-state index contributed by atoms with van der Waals surface area (Å²) in [6.45, 7) is 2.70. The number of ether oxygens (including phenoxy) is 1. The third-order valence-electron chi connectivity index (χ3n) is 4.70. The van der Waals surface area contributed by atoms with Gasteiger partial charge in [-0.05, 0) is 47.1 Å². The molecule has 1 unspecified atom stereocenters. The van der Waals surface area contributed by atoms with Gasteiger partial charge in [-0.1, -0.05) is 0 Å². The standard InChI is InChI=1S/C19H17BrF4N4O4/c1-10-9-27(18(30)31)6-7-28(10)14-5-2-11(8-25-14)26-17(29)12-3-4-13(20)16(15(12)21)32-19(22,23)24/h2-5,8,10H,6-7,9H2,1H3,(H,26,29)(H,30,31)/p-1. The van der Waals surface area contributed by atoms with Crippen LogP contribution < -0.4 is 20.1 Å². The Kier molecular flexibility index (Phi) is 6.77. The van der Waals surface area contributed by atoms with Crippen LogP contribution in [0.15, 0.2) is 34.9 Å². The fourth-order valence-electron chi connectivity index (χ4n) is 3.21. The van der Waals surface area contributed by atoms with Crippen LogP contribution in [0.4, 0.5) is 33.9 Å². The van der Waals surface area contributed by atoms with Crippen molar-refractivity contribution in [2.45, 2.75) is 19.3 Å². The lowest BCUT2D eigenvalue weighted by Crippen LogP contribution is -2.56. The van der Waals surface area contributed by atoms with Gasteiger partial charge < -0.3 is 29.8 Å². The van der Waals surface area contributed by atoms with E-state index in [0.29, 0.717) is 12.4 Å². The number of anilines is 2. The summed E-state index contributed by atoms with van der Waals surface area (Å²) >= 11 is 2.76. The predicted molar refractivity (Wildman–Crippen MR) is 107 cm³/mol. The van der Waals surface area contributed by atoms with Gasteiger partial charge in [-0.15, -0.1) is 13.2 Å². The summed E-state index contributed by atoms with van der Waals surface area (Å²) in [6.07, 6.45) is -5.08. The summed E-state index contributed by atoms with van der Waals surface area (Å²) in [4.78, 5) is 30.7. The Bertz CT molecular complexity index is 1020. The maximum atomic E-state index is 14.5. The van der Waals surface area contributed by atoms with Gasteiger partial charge in [-0.25, -0.2) is 9.37 Å². The Morgan fingerprint density at radius 2 is 1.97 bits per heavy atom. The number of benzene rings is 1. The average molecular weight is 520 g/mol. The molecule has 3 rings (SSSR count). The summed E-state index contributed by atoms with van der Waals surface area (Å²) < 4.78 is 55.3. The number of alkyl halides is 3. The van der Waals surface area contributed by atoms with Crippen LogP contribution in [0, 0.1) is 5.82 Å². The molecular weight excluding hydrogens is 504 g/mol. The van der Waals surface area contributed by atoms with Gasteiger partial charge in [0, 0.05) is 25.7 Å². The summed E-state index contributed by atoms with van der Waals surface area (Å²) in [5.74, 6) is -3.08. The third-order valence-corrected chi connectivity index (χ3v) is 5.32. The van der Waals surface area contributed by atoms with Crippen molar-refractivity contribution in [2.24, 2.45) is 0 Å². The highest BCUT2D eigenvalue weighted by Crippen LogP contribution is 2.35. The zero-order chi connectivity index (χ0) is 23.6. The Hall–Kier alpha value is -3.09. The van der Waals surface area contributed by atoms with E-state index in [0.717, 1.165) is 12.1 Å². The van der Waals surface area contributed by atoms with Gasteiger partial charge in [0.15, 0.2) is 11.6 Å². The minimum atomic E-state index is -5.14. The summed E-state index contributed by atoms with van der Waals surface area (Å²) in [7, 11) is 0. The molecule has 1 aromatic carbocycles. The summed E-state index contributed by atoms with van der Waals surface area (Å²) in [6, 6.07) is 4.98. The van der Waals surface area contributed by atoms with E-state index in [9.17, 15) is 32.3 Å². The minimum Gasteiger partial charge on any atom is -0.530 e. The first-order valence-electron chi connectivity index (χ1n) is 9.20. The van der Waals surface area contributed by atoms with Crippen LogP contribution >= 0.6 is 15.9 Å². The molecule has 1 aliphatic rings. The van der Waals surface area contributed by atoms with E-state index in [-0.39, 0.29) is 29.3 Å². The lowest BCUT2D eigenvalue weighted by molar-refractivity contribution is -0.276. The molecule has 1 fully saturated rings. The predicted octanol–water partition coefficient (Wildman–Crippen LogP) is 2.99. The second kappa shape index (κ2) is 9.18. The first kappa shape index (κ1) is 23.6. The van der Waals surface area contributed by atoms with Crippen molar-refractivity contribution in [3.8, 4) is 5.75 Å². The van der Waals surface area contributed by atoms with Crippen molar-refractivity contribution in [1.82, 2.24) is 9.88 Å². The molecule has 0 aliphatic carbocycles. The zero-order valence-electron chi connectivity index (χ0n) is 16.4. The molecule has 1 aliphatic heterocycles. The number of nitrogens with one attached hydrogen (secondary N) is 1. The number of carbonyl (C=O) groups excluding carboxylic acids is 2. The number of nitrogens with zero attached hydrogens (tertiary/aromatic N) is 3. The Labute approximate surface area is 187 Å². The zero-order valence-corrected chi connectivity index (χ0v) is 18.0. The molecule has 8 nitrogen and oxygen atoms in total. The number of piperazine rings is 1. The lowest BCUT2D eigenvalue weighted by Gasteiger charge is -2.41. The highest BCUT2D eigenvalue weighted by Gasteiger charge is 2.34. The van der Waals surface area contributed by atoms with Crippen molar-refractivity contribution >= 4 is 39.4 Å². The van der Waals surface area contributed by atoms with Crippen LogP contribution in [-0.4, -0.2) is 53.9 Å². The third kappa shape index (κ3) is 5.39. The number of carboxylic acid groups (broad SMARTS) is 1. The second-order valence-corrected chi connectivity index (χ2v) is 7.75. The molecule has 0 radical (unpaired) electrons. The van der Waals surface area contributed by atoms with Crippen molar-refractivity contribution in [1.29, 1.82) is 0 Å². The summed E-state index contributed by atoms with van der Waals surface area (Å²) in [5, 5.41) is 13.4. The Morgan fingerprint density at radius 3 is 2.53 bits per heavy atom. The number of hydrogen-bond acceptors (Lipinski definition) is 6. The van der Waals surface area contributed by atoms with Gasteiger partial charge in [-0.3, -0.25) is 4.79 Å². The number of rotatable bonds is 4. The van der Waals surface area contributed by atoms with Crippen LogP contribution in [0.1, 0.15) is 17.3 Å². The van der Waals surface area contributed by atoms with E-state index < -0.39 is 35.5 Å². The van der Waals surface area contributed by atoms with Crippen LogP contribution in [0.5, 0.6) is 5.75 Å². The van der Waals surface area contributed by atoms with Crippen LogP contribution in [0.3, 0.4) is 0 Å². The highest BCUT2D eigenvalue weighted by atomic mass is 79.9. The summed E-state index contributed by atoms with van der Waals surface area (Å²) in [5.41, 5.74) is -0.469. The van der Waals surface area contributed by atoms with Crippen molar-refractivity contribution < 1.29 is 37.0 Å². The van der Waals surface area contributed by atoms with Crippen LogP contribution in [0.25, 0.3) is 0 Å². The number of aromatic nitrogens is 1. The molecule has 2 aromatic rings. The van der Waals surface area contributed by atoms with E-state index in [1.54, 1.807) is 6.07 Å². The largest absolute Gasteiger partial charge is 0.573 e. The van der Waals surface area contributed by atoms with E-state index >= 15 is 0 Å². The monoisotopic (exact) mass is 519 g/mol. The number of pyridine rings is 1. The lowest BCUT2D eigenvalue weighted by atomic mass is 10.1. The average Bonchev–Trinajstić information content (AvgIpc) is 2.71.